The Bertz CT molecular complexity index is 610. The lowest BCUT2D eigenvalue weighted by Gasteiger charge is -2.34. The van der Waals surface area contributed by atoms with Crippen molar-refractivity contribution >= 4 is 17.8 Å². The quantitative estimate of drug-likeness (QED) is 0.802. The molecule has 8 heteroatoms. The van der Waals surface area contributed by atoms with Crippen LogP contribution in [0.3, 0.4) is 0 Å². The van der Waals surface area contributed by atoms with E-state index < -0.39 is 0 Å². The molecule has 0 unspecified atom stereocenters. The lowest BCUT2D eigenvalue weighted by Crippen LogP contribution is -2.49. The van der Waals surface area contributed by atoms with Gasteiger partial charge in [0.25, 0.3) is 5.91 Å². The van der Waals surface area contributed by atoms with Crippen LogP contribution >= 0.6 is 0 Å². The van der Waals surface area contributed by atoms with Crippen molar-refractivity contribution in [2.75, 3.05) is 50.8 Å². The number of amides is 2. The van der Waals surface area contributed by atoms with E-state index in [1.165, 1.54) is 0 Å². The molecule has 1 aromatic rings. The SMILES string of the molecule is CCOC(=O)N1CCN(c2cc(C(=O)N(CC)CC)nc(C)n2)CC1. The Hall–Kier alpha value is -2.38. The average Bonchev–Trinajstić information content (AvgIpc) is 2.62. The molecule has 1 aliphatic heterocycles. The van der Waals surface area contributed by atoms with E-state index >= 15 is 0 Å². The van der Waals surface area contributed by atoms with Gasteiger partial charge in [0, 0.05) is 45.3 Å². The zero-order valence-corrected chi connectivity index (χ0v) is 15.5. The Labute approximate surface area is 148 Å². The first-order chi connectivity index (χ1) is 12.0. The highest BCUT2D eigenvalue weighted by atomic mass is 16.6. The van der Waals surface area contributed by atoms with Crippen LogP contribution in [0.4, 0.5) is 10.6 Å². The van der Waals surface area contributed by atoms with Crippen molar-refractivity contribution in [3.05, 3.63) is 17.6 Å². The maximum atomic E-state index is 12.6. The van der Waals surface area contributed by atoms with Crippen LogP contribution in [-0.2, 0) is 4.74 Å². The number of aromatic nitrogens is 2. The number of ether oxygens (including phenoxy) is 1. The zero-order valence-electron chi connectivity index (χ0n) is 15.5. The lowest BCUT2D eigenvalue weighted by molar-refractivity contribution is 0.0766. The monoisotopic (exact) mass is 349 g/mol. The van der Waals surface area contributed by atoms with E-state index in [4.69, 9.17) is 4.74 Å². The van der Waals surface area contributed by atoms with Crippen molar-refractivity contribution in [1.29, 1.82) is 0 Å². The molecule has 0 aliphatic carbocycles. The fourth-order valence-corrected chi connectivity index (χ4v) is 2.83. The maximum absolute atomic E-state index is 12.6. The molecule has 0 bridgehead atoms. The molecule has 2 amide bonds. The Morgan fingerprint density at radius 3 is 2.32 bits per heavy atom. The molecular weight excluding hydrogens is 322 g/mol. The topological polar surface area (TPSA) is 78.9 Å². The number of aryl methyl sites for hydroxylation is 1. The van der Waals surface area contributed by atoms with Crippen LogP contribution in [-0.4, -0.2) is 77.6 Å². The molecule has 2 rings (SSSR count). The van der Waals surface area contributed by atoms with Crippen LogP contribution in [0.5, 0.6) is 0 Å². The third-order valence-corrected chi connectivity index (χ3v) is 4.22. The van der Waals surface area contributed by atoms with E-state index in [1.807, 2.05) is 13.8 Å². The minimum atomic E-state index is -0.279. The van der Waals surface area contributed by atoms with Gasteiger partial charge in [0.2, 0.25) is 0 Å². The number of anilines is 1. The summed E-state index contributed by atoms with van der Waals surface area (Å²) in [5, 5.41) is 0. The van der Waals surface area contributed by atoms with E-state index in [9.17, 15) is 9.59 Å². The predicted molar refractivity (Wildman–Crippen MR) is 94.8 cm³/mol. The minimum Gasteiger partial charge on any atom is -0.450 e. The summed E-state index contributed by atoms with van der Waals surface area (Å²) in [4.78, 5) is 38.6. The number of carbonyl (C=O) groups is 2. The van der Waals surface area contributed by atoms with Crippen LogP contribution in [0.2, 0.25) is 0 Å². The normalized spacial score (nSPS) is 14.4. The summed E-state index contributed by atoms with van der Waals surface area (Å²) in [6.07, 6.45) is -0.279. The Kier molecular flexibility index (Phi) is 6.55. The molecule has 2 heterocycles. The fourth-order valence-electron chi connectivity index (χ4n) is 2.83. The highest BCUT2D eigenvalue weighted by molar-refractivity contribution is 5.93. The molecule has 1 fully saturated rings. The highest BCUT2D eigenvalue weighted by Crippen LogP contribution is 2.17. The molecule has 25 heavy (non-hydrogen) atoms. The molecule has 0 atom stereocenters. The number of nitrogens with zero attached hydrogens (tertiary/aromatic N) is 5. The van der Waals surface area contributed by atoms with Crippen molar-refractivity contribution in [1.82, 2.24) is 19.8 Å². The predicted octanol–water partition coefficient (Wildman–Crippen LogP) is 1.55. The number of piperazine rings is 1. The third-order valence-electron chi connectivity index (χ3n) is 4.22. The molecule has 1 aliphatic rings. The van der Waals surface area contributed by atoms with Crippen LogP contribution in [0.15, 0.2) is 6.07 Å². The van der Waals surface area contributed by atoms with Crippen LogP contribution in [0, 0.1) is 6.92 Å². The largest absolute Gasteiger partial charge is 0.450 e. The number of rotatable bonds is 5. The van der Waals surface area contributed by atoms with Gasteiger partial charge in [0.1, 0.15) is 17.3 Å². The summed E-state index contributed by atoms with van der Waals surface area (Å²) >= 11 is 0. The van der Waals surface area contributed by atoms with Crippen LogP contribution < -0.4 is 4.90 Å². The van der Waals surface area contributed by atoms with Crippen molar-refractivity contribution in [2.45, 2.75) is 27.7 Å². The highest BCUT2D eigenvalue weighted by Gasteiger charge is 2.24. The molecule has 1 aromatic heterocycles. The van der Waals surface area contributed by atoms with Crippen LogP contribution in [0.25, 0.3) is 0 Å². The van der Waals surface area contributed by atoms with E-state index in [-0.39, 0.29) is 12.0 Å². The second kappa shape index (κ2) is 8.64. The van der Waals surface area contributed by atoms with Crippen molar-refractivity contribution in [3.8, 4) is 0 Å². The second-order valence-electron chi connectivity index (χ2n) is 5.81. The lowest BCUT2D eigenvalue weighted by atomic mass is 10.2. The van der Waals surface area contributed by atoms with Gasteiger partial charge in [0.15, 0.2) is 0 Å². The number of hydrogen-bond acceptors (Lipinski definition) is 6. The Morgan fingerprint density at radius 2 is 1.76 bits per heavy atom. The molecule has 0 radical (unpaired) electrons. The van der Waals surface area contributed by atoms with E-state index in [1.54, 1.807) is 29.7 Å². The van der Waals surface area contributed by atoms with Gasteiger partial charge in [-0.1, -0.05) is 0 Å². The van der Waals surface area contributed by atoms with Crippen molar-refractivity contribution in [3.63, 3.8) is 0 Å². The van der Waals surface area contributed by atoms with Crippen molar-refractivity contribution < 1.29 is 14.3 Å². The second-order valence-corrected chi connectivity index (χ2v) is 5.81. The first kappa shape index (κ1) is 19.0. The first-order valence-corrected chi connectivity index (χ1v) is 8.81. The maximum Gasteiger partial charge on any atom is 0.409 e. The molecule has 0 N–H and O–H groups in total. The van der Waals surface area contributed by atoms with Gasteiger partial charge in [-0.15, -0.1) is 0 Å². The first-order valence-electron chi connectivity index (χ1n) is 8.81. The van der Waals surface area contributed by atoms with Crippen LogP contribution in [0.1, 0.15) is 37.1 Å². The Balaban J connectivity index is 2.11. The Morgan fingerprint density at radius 1 is 1.12 bits per heavy atom. The summed E-state index contributed by atoms with van der Waals surface area (Å²) in [6.45, 7) is 11.6. The van der Waals surface area contributed by atoms with Gasteiger partial charge < -0.3 is 19.4 Å². The molecule has 0 aromatic carbocycles. The average molecular weight is 349 g/mol. The van der Waals surface area contributed by atoms with E-state index in [0.717, 1.165) is 5.82 Å². The zero-order chi connectivity index (χ0) is 18.4. The van der Waals surface area contributed by atoms with Gasteiger partial charge in [-0.2, -0.15) is 0 Å². The minimum absolute atomic E-state index is 0.0816. The fraction of sp³-hybridized carbons (Fsp3) is 0.647. The molecule has 0 spiro atoms. The van der Waals surface area contributed by atoms with Gasteiger partial charge >= 0.3 is 6.09 Å². The van der Waals surface area contributed by atoms with E-state index in [2.05, 4.69) is 14.9 Å². The summed E-state index contributed by atoms with van der Waals surface area (Å²) in [6, 6.07) is 1.74. The number of hydrogen-bond donors (Lipinski definition) is 0. The summed E-state index contributed by atoms with van der Waals surface area (Å²) < 4.78 is 5.04. The summed E-state index contributed by atoms with van der Waals surface area (Å²) in [5.74, 6) is 1.22. The smallest absolute Gasteiger partial charge is 0.409 e. The molecule has 8 nitrogen and oxygen atoms in total. The molecular formula is C17H27N5O3. The molecule has 0 saturated carbocycles. The van der Waals surface area contributed by atoms with Gasteiger partial charge in [-0.05, 0) is 27.7 Å². The summed E-state index contributed by atoms with van der Waals surface area (Å²) in [7, 11) is 0. The van der Waals surface area contributed by atoms with E-state index in [0.29, 0.717) is 57.4 Å². The van der Waals surface area contributed by atoms with Gasteiger partial charge in [0.05, 0.1) is 6.61 Å². The summed E-state index contributed by atoms with van der Waals surface area (Å²) in [5.41, 5.74) is 0.416. The molecule has 138 valence electrons. The standard InChI is InChI=1S/C17H27N5O3/c1-5-20(6-2)16(23)14-12-15(19-13(4)18-14)21-8-10-22(11-9-21)17(24)25-7-3/h12H,5-11H2,1-4H3. The number of carbonyl (C=O) groups excluding carboxylic acids is 2. The van der Waals surface area contributed by atoms with Gasteiger partial charge in [-0.25, -0.2) is 14.8 Å². The van der Waals surface area contributed by atoms with Gasteiger partial charge in [-0.3, -0.25) is 4.79 Å². The molecule has 1 saturated heterocycles. The van der Waals surface area contributed by atoms with Crippen molar-refractivity contribution in [2.24, 2.45) is 0 Å². The third kappa shape index (κ3) is 4.58.